The van der Waals surface area contributed by atoms with Crippen LogP contribution in [0, 0.1) is 5.92 Å². The first-order chi connectivity index (χ1) is 11.0. The van der Waals surface area contributed by atoms with E-state index < -0.39 is 10.0 Å². The van der Waals surface area contributed by atoms with Crippen LogP contribution in [0.15, 0.2) is 24.3 Å². The summed E-state index contributed by atoms with van der Waals surface area (Å²) in [6.07, 6.45) is 1.72. The Labute approximate surface area is 137 Å². The van der Waals surface area contributed by atoms with E-state index in [1.807, 2.05) is 19.1 Å². The van der Waals surface area contributed by atoms with Crippen LogP contribution in [0.3, 0.4) is 0 Å². The molecule has 7 heteroatoms. The second-order valence-corrected chi connectivity index (χ2v) is 7.80. The second-order valence-electron chi connectivity index (χ2n) is 5.71. The summed E-state index contributed by atoms with van der Waals surface area (Å²) in [6.45, 7) is 2.68. The number of methoxy groups -OCH3 is 1. The summed E-state index contributed by atoms with van der Waals surface area (Å²) in [6, 6.07) is 7.20. The molecule has 0 aliphatic carbocycles. The summed E-state index contributed by atoms with van der Waals surface area (Å²) >= 11 is 0. The minimum Gasteiger partial charge on any atom is -0.497 e. The van der Waals surface area contributed by atoms with Gasteiger partial charge in [0.1, 0.15) is 5.75 Å². The highest BCUT2D eigenvalue weighted by molar-refractivity contribution is 7.89. The Kier molecular flexibility index (Phi) is 6.01. The quantitative estimate of drug-likeness (QED) is 0.860. The highest BCUT2D eigenvalue weighted by Gasteiger charge is 2.30. The fourth-order valence-corrected chi connectivity index (χ4v) is 4.27. The average molecular weight is 340 g/mol. The lowest BCUT2D eigenvalue weighted by Gasteiger charge is -2.30. The van der Waals surface area contributed by atoms with E-state index in [2.05, 4.69) is 5.32 Å². The Balaban J connectivity index is 1.91. The van der Waals surface area contributed by atoms with Crippen LogP contribution >= 0.6 is 0 Å². The third-order valence-electron chi connectivity index (χ3n) is 4.02. The average Bonchev–Trinajstić information content (AvgIpc) is 2.55. The van der Waals surface area contributed by atoms with Gasteiger partial charge in [-0.25, -0.2) is 12.7 Å². The summed E-state index contributed by atoms with van der Waals surface area (Å²) in [5.74, 6) is 0.636. The Hall–Kier alpha value is -1.60. The highest BCUT2D eigenvalue weighted by Crippen LogP contribution is 2.23. The molecule has 0 radical (unpaired) electrons. The molecular formula is C16H24N2O4S. The van der Waals surface area contributed by atoms with Crippen LogP contribution < -0.4 is 10.1 Å². The van der Waals surface area contributed by atoms with Crippen molar-refractivity contribution in [3.63, 3.8) is 0 Å². The zero-order chi connectivity index (χ0) is 16.9. The maximum atomic E-state index is 12.3. The van der Waals surface area contributed by atoms with Crippen molar-refractivity contribution in [2.75, 3.05) is 31.3 Å². The summed E-state index contributed by atoms with van der Waals surface area (Å²) in [5, 5.41) is 2.88. The molecule has 1 aromatic carbocycles. The molecule has 1 N–H and O–H groups in total. The maximum absolute atomic E-state index is 12.3. The number of hydrogen-bond acceptors (Lipinski definition) is 4. The van der Waals surface area contributed by atoms with Gasteiger partial charge in [0, 0.05) is 30.8 Å². The number of sulfonamides is 1. The molecule has 1 fully saturated rings. The van der Waals surface area contributed by atoms with Crippen molar-refractivity contribution >= 4 is 21.6 Å². The van der Waals surface area contributed by atoms with Crippen molar-refractivity contribution < 1.29 is 17.9 Å². The van der Waals surface area contributed by atoms with Crippen molar-refractivity contribution in [1.29, 1.82) is 0 Å². The van der Waals surface area contributed by atoms with E-state index in [-0.39, 0.29) is 17.6 Å². The van der Waals surface area contributed by atoms with Gasteiger partial charge in [0.25, 0.3) is 0 Å². The Morgan fingerprint density at radius 1 is 1.35 bits per heavy atom. The van der Waals surface area contributed by atoms with Gasteiger partial charge in [-0.05, 0) is 31.4 Å². The van der Waals surface area contributed by atoms with Gasteiger partial charge >= 0.3 is 0 Å². The minimum atomic E-state index is -3.17. The lowest BCUT2D eigenvalue weighted by molar-refractivity contribution is -0.120. The first kappa shape index (κ1) is 17.7. The van der Waals surface area contributed by atoms with Crippen molar-refractivity contribution in [1.82, 2.24) is 4.31 Å². The van der Waals surface area contributed by atoms with Crippen molar-refractivity contribution in [2.24, 2.45) is 5.92 Å². The molecule has 0 aromatic heterocycles. The van der Waals surface area contributed by atoms with Crippen molar-refractivity contribution in [2.45, 2.75) is 26.2 Å². The van der Waals surface area contributed by atoms with E-state index in [0.29, 0.717) is 43.8 Å². The van der Waals surface area contributed by atoms with E-state index in [1.165, 1.54) is 4.31 Å². The van der Waals surface area contributed by atoms with Gasteiger partial charge in [-0.2, -0.15) is 0 Å². The zero-order valence-electron chi connectivity index (χ0n) is 13.6. The molecule has 0 atom stereocenters. The standard InChI is InChI=1S/C16H24N2O4S/c1-3-11-23(20,21)18-9-7-13(8-10-18)16(19)17-14-5-4-6-15(12-14)22-2/h4-6,12-13H,3,7-11H2,1-2H3,(H,17,19). The van der Waals surface area contributed by atoms with Gasteiger partial charge in [-0.3, -0.25) is 4.79 Å². The molecular weight excluding hydrogens is 316 g/mol. The lowest BCUT2D eigenvalue weighted by atomic mass is 9.97. The number of amides is 1. The number of carbonyl (C=O) groups is 1. The van der Waals surface area contributed by atoms with E-state index in [1.54, 1.807) is 19.2 Å². The summed E-state index contributed by atoms with van der Waals surface area (Å²) in [7, 11) is -1.59. The molecule has 1 aliphatic heterocycles. The molecule has 1 amide bonds. The van der Waals surface area contributed by atoms with Crippen LogP contribution in [0.25, 0.3) is 0 Å². The Morgan fingerprint density at radius 3 is 2.65 bits per heavy atom. The predicted octanol–water partition coefficient (Wildman–Crippen LogP) is 2.09. The summed E-state index contributed by atoms with van der Waals surface area (Å²) < 4.78 is 30.7. The largest absolute Gasteiger partial charge is 0.497 e. The molecule has 1 saturated heterocycles. The normalized spacial score (nSPS) is 17.0. The topological polar surface area (TPSA) is 75.7 Å². The fraction of sp³-hybridized carbons (Fsp3) is 0.562. The number of nitrogens with zero attached hydrogens (tertiary/aromatic N) is 1. The van der Waals surface area contributed by atoms with Crippen LogP contribution in [-0.4, -0.2) is 44.6 Å². The fourth-order valence-electron chi connectivity index (χ4n) is 2.73. The molecule has 1 aromatic rings. The minimum absolute atomic E-state index is 0.0641. The first-order valence-electron chi connectivity index (χ1n) is 7.89. The van der Waals surface area contributed by atoms with Crippen molar-refractivity contribution in [3.8, 4) is 5.75 Å². The zero-order valence-corrected chi connectivity index (χ0v) is 14.4. The molecule has 0 bridgehead atoms. The summed E-state index contributed by atoms with van der Waals surface area (Å²) in [4.78, 5) is 12.3. The lowest BCUT2D eigenvalue weighted by Crippen LogP contribution is -2.42. The Bertz CT molecular complexity index is 637. The third kappa shape index (κ3) is 4.68. The molecule has 1 aliphatic rings. The van der Waals surface area contributed by atoms with Crippen LogP contribution in [0.2, 0.25) is 0 Å². The number of benzene rings is 1. The number of nitrogens with one attached hydrogen (secondary N) is 1. The molecule has 0 unspecified atom stereocenters. The van der Waals surface area contributed by atoms with Gasteiger partial charge in [0.15, 0.2) is 0 Å². The molecule has 0 saturated carbocycles. The smallest absolute Gasteiger partial charge is 0.227 e. The first-order valence-corrected chi connectivity index (χ1v) is 9.50. The highest BCUT2D eigenvalue weighted by atomic mass is 32.2. The Morgan fingerprint density at radius 2 is 2.04 bits per heavy atom. The second kappa shape index (κ2) is 7.79. The predicted molar refractivity (Wildman–Crippen MR) is 90.0 cm³/mol. The maximum Gasteiger partial charge on any atom is 0.227 e. The summed E-state index contributed by atoms with van der Waals surface area (Å²) in [5.41, 5.74) is 0.690. The van der Waals surface area contributed by atoms with Gasteiger partial charge in [0.2, 0.25) is 15.9 Å². The van der Waals surface area contributed by atoms with Crippen LogP contribution in [-0.2, 0) is 14.8 Å². The van der Waals surface area contributed by atoms with Gasteiger partial charge < -0.3 is 10.1 Å². The molecule has 2 rings (SSSR count). The number of rotatable bonds is 6. The van der Waals surface area contributed by atoms with Crippen molar-refractivity contribution in [3.05, 3.63) is 24.3 Å². The monoisotopic (exact) mass is 340 g/mol. The molecule has 23 heavy (non-hydrogen) atoms. The van der Waals surface area contributed by atoms with Gasteiger partial charge in [0.05, 0.1) is 12.9 Å². The van der Waals surface area contributed by atoms with Crippen LogP contribution in [0.5, 0.6) is 5.75 Å². The van der Waals surface area contributed by atoms with Crippen LogP contribution in [0.4, 0.5) is 5.69 Å². The molecule has 1 heterocycles. The molecule has 6 nitrogen and oxygen atoms in total. The van der Waals surface area contributed by atoms with E-state index in [0.717, 1.165) is 0 Å². The number of ether oxygens (including phenoxy) is 1. The number of hydrogen-bond donors (Lipinski definition) is 1. The number of piperidine rings is 1. The number of carbonyl (C=O) groups excluding carboxylic acids is 1. The van der Waals surface area contributed by atoms with E-state index in [9.17, 15) is 13.2 Å². The molecule has 128 valence electrons. The molecule has 0 spiro atoms. The van der Waals surface area contributed by atoms with Gasteiger partial charge in [-0.15, -0.1) is 0 Å². The van der Waals surface area contributed by atoms with Gasteiger partial charge in [-0.1, -0.05) is 13.0 Å². The van der Waals surface area contributed by atoms with Crippen LogP contribution in [0.1, 0.15) is 26.2 Å². The van der Waals surface area contributed by atoms with E-state index in [4.69, 9.17) is 4.74 Å². The van der Waals surface area contributed by atoms with E-state index >= 15 is 0 Å². The SMILES string of the molecule is CCCS(=O)(=O)N1CCC(C(=O)Nc2cccc(OC)c2)CC1. The third-order valence-corrected chi connectivity index (χ3v) is 6.09. The number of anilines is 1.